The summed E-state index contributed by atoms with van der Waals surface area (Å²) in [6.07, 6.45) is 0.367. The first-order valence-electron chi connectivity index (χ1n) is 4.78. The molecule has 1 atom stereocenters. The predicted octanol–water partition coefficient (Wildman–Crippen LogP) is 1.71. The zero-order valence-electron chi connectivity index (χ0n) is 8.26. The van der Waals surface area contributed by atoms with Crippen molar-refractivity contribution >= 4 is 51.1 Å². The molecule has 1 amide bonds. The smallest absolute Gasteiger partial charge is 0.222 e. The predicted molar refractivity (Wildman–Crippen MR) is 77.0 cm³/mol. The standard InChI is InChI=1S/C10H10I2N2O2/c11-6-3-5(4-7(12)9(6)16)10-13-2-1-8(15)14-10/h3-4,10,13,16H,1-2H2,(H,14,15)/t10-/m0/s1. The molecular formula is C10H10I2N2O2. The third-order valence-electron chi connectivity index (χ3n) is 2.38. The van der Waals surface area contributed by atoms with Crippen molar-refractivity contribution in [2.24, 2.45) is 0 Å². The summed E-state index contributed by atoms with van der Waals surface area (Å²) < 4.78 is 1.59. The third-order valence-corrected chi connectivity index (χ3v) is 4.02. The summed E-state index contributed by atoms with van der Waals surface area (Å²) in [6.45, 7) is 0.685. The van der Waals surface area contributed by atoms with E-state index < -0.39 is 0 Å². The molecule has 0 bridgehead atoms. The van der Waals surface area contributed by atoms with E-state index in [4.69, 9.17) is 0 Å². The number of carbonyl (C=O) groups excluding carboxylic acids is 1. The van der Waals surface area contributed by atoms with E-state index in [0.29, 0.717) is 18.7 Å². The number of carbonyl (C=O) groups is 1. The summed E-state index contributed by atoms with van der Waals surface area (Å²) in [5.74, 6) is 0.355. The molecule has 0 unspecified atom stereocenters. The fourth-order valence-electron chi connectivity index (χ4n) is 1.57. The van der Waals surface area contributed by atoms with E-state index in [1.165, 1.54) is 0 Å². The summed E-state index contributed by atoms with van der Waals surface area (Å²) in [4.78, 5) is 11.3. The minimum Gasteiger partial charge on any atom is -0.506 e. The lowest BCUT2D eigenvalue weighted by atomic mass is 10.1. The van der Waals surface area contributed by atoms with Crippen molar-refractivity contribution in [3.05, 3.63) is 24.8 Å². The molecule has 1 aliphatic heterocycles. The average molecular weight is 444 g/mol. The molecule has 1 heterocycles. The van der Waals surface area contributed by atoms with E-state index in [1.807, 2.05) is 12.1 Å². The highest BCUT2D eigenvalue weighted by atomic mass is 127. The highest BCUT2D eigenvalue weighted by molar-refractivity contribution is 14.1. The Morgan fingerprint density at radius 1 is 1.31 bits per heavy atom. The lowest BCUT2D eigenvalue weighted by molar-refractivity contribution is -0.123. The second kappa shape index (κ2) is 5.05. The molecule has 0 aliphatic carbocycles. The number of amides is 1. The van der Waals surface area contributed by atoms with E-state index in [-0.39, 0.29) is 12.1 Å². The maximum Gasteiger partial charge on any atom is 0.222 e. The van der Waals surface area contributed by atoms with Crippen LogP contribution in [0.2, 0.25) is 0 Å². The van der Waals surface area contributed by atoms with E-state index in [0.717, 1.165) is 12.7 Å². The van der Waals surface area contributed by atoms with E-state index in [9.17, 15) is 9.90 Å². The summed E-state index contributed by atoms with van der Waals surface area (Å²) >= 11 is 4.16. The van der Waals surface area contributed by atoms with Crippen LogP contribution < -0.4 is 10.6 Å². The van der Waals surface area contributed by atoms with Gasteiger partial charge in [-0.05, 0) is 62.9 Å². The number of aromatic hydroxyl groups is 1. The van der Waals surface area contributed by atoms with Gasteiger partial charge >= 0.3 is 0 Å². The van der Waals surface area contributed by atoms with E-state index >= 15 is 0 Å². The molecule has 4 nitrogen and oxygen atoms in total. The Balaban J connectivity index is 2.30. The first-order valence-corrected chi connectivity index (χ1v) is 6.94. The fourth-order valence-corrected chi connectivity index (χ4v) is 3.38. The number of phenolic OH excluding ortho intramolecular Hbond substituents is 1. The van der Waals surface area contributed by atoms with Crippen LogP contribution in [0.15, 0.2) is 12.1 Å². The molecule has 3 N–H and O–H groups in total. The van der Waals surface area contributed by atoms with Crippen LogP contribution in [0.5, 0.6) is 5.75 Å². The SMILES string of the molecule is O=C1CCN[C@H](c2cc(I)c(O)c(I)c2)N1. The van der Waals surface area contributed by atoms with Crippen LogP contribution in [0, 0.1) is 7.14 Å². The van der Waals surface area contributed by atoms with Crippen molar-refractivity contribution in [3.63, 3.8) is 0 Å². The Hall–Kier alpha value is -0.0900. The van der Waals surface area contributed by atoms with Crippen molar-refractivity contribution in [1.29, 1.82) is 0 Å². The van der Waals surface area contributed by atoms with Gasteiger partial charge in [-0.2, -0.15) is 0 Å². The minimum absolute atomic E-state index is 0.0573. The summed E-state index contributed by atoms with van der Waals surface area (Å²) in [5, 5.41) is 15.7. The zero-order chi connectivity index (χ0) is 11.7. The normalized spacial score (nSPS) is 20.6. The van der Waals surface area contributed by atoms with Gasteiger partial charge < -0.3 is 10.4 Å². The Kier molecular flexibility index (Phi) is 3.90. The molecule has 0 radical (unpaired) electrons. The highest BCUT2D eigenvalue weighted by Gasteiger charge is 2.20. The van der Waals surface area contributed by atoms with Crippen molar-refractivity contribution in [3.8, 4) is 5.75 Å². The van der Waals surface area contributed by atoms with Gasteiger partial charge in [0.05, 0.1) is 7.14 Å². The van der Waals surface area contributed by atoms with E-state index in [2.05, 4.69) is 55.8 Å². The fraction of sp³-hybridized carbons (Fsp3) is 0.300. The molecule has 1 saturated heterocycles. The van der Waals surface area contributed by atoms with Crippen LogP contribution in [-0.4, -0.2) is 17.6 Å². The number of benzene rings is 1. The minimum atomic E-state index is -0.149. The Morgan fingerprint density at radius 2 is 1.94 bits per heavy atom. The van der Waals surface area contributed by atoms with Crippen LogP contribution in [0.3, 0.4) is 0 Å². The average Bonchev–Trinajstić information content (AvgIpc) is 2.25. The van der Waals surface area contributed by atoms with Gasteiger partial charge in [-0.25, -0.2) is 0 Å². The Bertz CT molecular complexity index is 414. The number of rotatable bonds is 1. The number of hydrogen-bond donors (Lipinski definition) is 3. The van der Waals surface area contributed by atoms with Gasteiger partial charge in [0.1, 0.15) is 11.9 Å². The molecule has 1 fully saturated rings. The lowest BCUT2D eigenvalue weighted by Gasteiger charge is -2.25. The topological polar surface area (TPSA) is 61.4 Å². The largest absolute Gasteiger partial charge is 0.506 e. The molecule has 6 heteroatoms. The van der Waals surface area contributed by atoms with Gasteiger partial charge in [-0.15, -0.1) is 0 Å². The summed E-state index contributed by atoms with van der Waals surface area (Å²) in [7, 11) is 0. The molecule has 2 rings (SSSR count). The third kappa shape index (κ3) is 2.59. The molecule has 16 heavy (non-hydrogen) atoms. The number of nitrogens with one attached hydrogen (secondary N) is 2. The Morgan fingerprint density at radius 3 is 2.50 bits per heavy atom. The maximum absolute atomic E-state index is 11.3. The first-order chi connectivity index (χ1) is 7.58. The van der Waals surface area contributed by atoms with Crippen LogP contribution in [0.25, 0.3) is 0 Å². The molecule has 0 spiro atoms. The molecule has 1 aromatic carbocycles. The van der Waals surface area contributed by atoms with Crippen molar-refractivity contribution in [2.45, 2.75) is 12.6 Å². The summed E-state index contributed by atoms with van der Waals surface area (Å²) in [5.41, 5.74) is 0.972. The molecule has 1 aromatic rings. The number of phenols is 1. The monoisotopic (exact) mass is 444 g/mol. The van der Waals surface area contributed by atoms with Crippen molar-refractivity contribution in [1.82, 2.24) is 10.6 Å². The van der Waals surface area contributed by atoms with Gasteiger partial charge in [-0.1, -0.05) is 0 Å². The quantitative estimate of drug-likeness (QED) is 0.579. The molecule has 0 saturated carbocycles. The first kappa shape index (κ1) is 12.4. The lowest BCUT2D eigenvalue weighted by Crippen LogP contribution is -2.44. The van der Waals surface area contributed by atoms with E-state index in [1.54, 1.807) is 0 Å². The van der Waals surface area contributed by atoms with Crippen LogP contribution >= 0.6 is 45.2 Å². The second-order valence-electron chi connectivity index (χ2n) is 3.54. The van der Waals surface area contributed by atoms with Crippen LogP contribution in [0.1, 0.15) is 18.2 Å². The van der Waals surface area contributed by atoms with Crippen molar-refractivity contribution in [2.75, 3.05) is 6.54 Å². The van der Waals surface area contributed by atoms with Gasteiger partial charge in [0.25, 0.3) is 0 Å². The second-order valence-corrected chi connectivity index (χ2v) is 5.86. The number of hydrogen-bond acceptors (Lipinski definition) is 3. The number of halogens is 2. The van der Waals surface area contributed by atoms with Crippen molar-refractivity contribution < 1.29 is 9.90 Å². The Labute approximate surface area is 120 Å². The van der Waals surface area contributed by atoms with Gasteiger partial charge in [0.2, 0.25) is 5.91 Å². The molecular weight excluding hydrogens is 434 g/mol. The summed E-state index contributed by atoms with van der Waals surface area (Å²) in [6, 6.07) is 3.75. The zero-order valence-corrected chi connectivity index (χ0v) is 12.6. The van der Waals surface area contributed by atoms with Gasteiger partial charge in [0, 0.05) is 13.0 Å². The van der Waals surface area contributed by atoms with Gasteiger partial charge in [-0.3, -0.25) is 10.1 Å². The molecule has 0 aromatic heterocycles. The molecule has 86 valence electrons. The van der Waals surface area contributed by atoms with Crippen LogP contribution in [0.4, 0.5) is 0 Å². The highest BCUT2D eigenvalue weighted by Crippen LogP contribution is 2.29. The van der Waals surface area contributed by atoms with Gasteiger partial charge in [0.15, 0.2) is 0 Å². The van der Waals surface area contributed by atoms with Crippen LogP contribution in [-0.2, 0) is 4.79 Å². The molecule has 1 aliphatic rings. The maximum atomic E-state index is 11.3.